The molecule has 39 heavy (non-hydrogen) atoms. The number of hydrogen-bond donors (Lipinski definition) is 0. The molecule has 8 rings (SSSR count). The monoisotopic (exact) mass is 512 g/mol. The summed E-state index contributed by atoms with van der Waals surface area (Å²) in [5.41, 5.74) is -1.08. The molecule has 1 aromatic heterocycles. The predicted octanol–water partition coefficient (Wildman–Crippen LogP) is 10.9. The van der Waals surface area contributed by atoms with Crippen molar-refractivity contribution >= 4 is 43.5 Å². The molecule has 0 N–H and O–H groups in total. The van der Waals surface area contributed by atoms with Crippen molar-refractivity contribution in [3.05, 3.63) is 145 Å². The second-order valence-corrected chi connectivity index (χ2v) is 8.85. The van der Waals surface area contributed by atoms with Crippen LogP contribution in [0.5, 0.6) is 0 Å². The van der Waals surface area contributed by atoms with Gasteiger partial charge in [0, 0.05) is 10.8 Å². The van der Waals surface area contributed by atoms with Gasteiger partial charge in [0.15, 0.2) is 0 Å². The lowest BCUT2D eigenvalue weighted by Gasteiger charge is -2.19. The highest BCUT2D eigenvalue weighted by molar-refractivity contribution is 6.26. The summed E-state index contributed by atoms with van der Waals surface area (Å²) in [6, 6.07) is 4.03. The third-order valence-corrected chi connectivity index (χ3v) is 6.75. The maximum absolute atomic E-state index is 9.86. The minimum Gasteiger partial charge on any atom is -0.456 e. The molecule has 1 heterocycles. The highest BCUT2D eigenvalue weighted by Crippen LogP contribution is 2.47. The Kier molecular flexibility index (Phi) is 2.53. The molecule has 1 heteroatoms. The molecule has 0 aliphatic rings. The average molecular weight is 513 g/mol. The zero-order chi connectivity index (χ0) is 39.7. The lowest BCUT2D eigenvalue weighted by atomic mass is 9.84. The molecule has 0 bridgehead atoms. The Hall–Kier alpha value is -5.14. The van der Waals surface area contributed by atoms with Crippen molar-refractivity contribution in [1.82, 2.24) is 0 Å². The summed E-state index contributed by atoms with van der Waals surface area (Å²) >= 11 is 0. The molecule has 1 nitrogen and oxygen atoms in total. The van der Waals surface area contributed by atoms with E-state index < -0.39 is 108 Å². The van der Waals surface area contributed by atoms with Crippen molar-refractivity contribution in [2.45, 2.75) is 0 Å². The Morgan fingerprint density at radius 2 is 0.974 bits per heavy atom. The van der Waals surface area contributed by atoms with E-state index in [1.165, 1.54) is 0 Å². The Morgan fingerprint density at radius 1 is 0.436 bits per heavy atom. The van der Waals surface area contributed by atoms with Gasteiger partial charge in [-0.05, 0) is 73.1 Å². The van der Waals surface area contributed by atoms with E-state index in [4.69, 9.17) is 23.6 Å². The summed E-state index contributed by atoms with van der Waals surface area (Å²) < 4.78 is 145. The number of furan rings is 1. The molecule has 0 radical (unpaired) electrons. The molecule has 7 aromatic carbocycles. The molecule has 0 spiro atoms. The molecule has 0 unspecified atom stereocenters. The third-order valence-electron chi connectivity index (χ3n) is 6.75. The Labute approximate surface area is 249 Å². The van der Waals surface area contributed by atoms with E-state index in [-0.39, 0.29) is 44.2 Å². The number of rotatable bonds is 3. The van der Waals surface area contributed by atoms with Crippen LogP contribution in [0.4, 0.5) is 0 Å². The van der Waals surface area contributed by atoms with Crippen molar-refractivity contribution in [3.63, 3.8) is 0 Å². The summed E-state index contributed by atoms with van der Waals surface area (Å²) in [7, 11) is 0. The van der Waals surface area contributed by atoms with Crippen molar-refractivity contribution in [2.75, 3.05) is 0 Å². The van der Waals surface area contributed by atoms with Gasteiger partial charge in [0.05, 0.1) is 21.9 Å². The van der Waals surface area contributed by atoms with E-state index in [1.807, 2.05) is 0 Å². The lowest BCUT2D eigenvalue weighted by Crippen LogP contribution is -1.92. The minimum absolute atomic E-state index is 0.0448. The second kappa shape index (κ2) is 8.72. The van der Waals surface area contributed by atoms with Gasteiger partial charge in [-0.15, -0.1) is 0 Å². The number of fused-ring (bicyclic) bond motifs is 5. The highest BCUT2D eigenvalue weighted by Gasteiger charge is 2.21. The number of hydrogen-bond acceptors (Lipinski definition) is 1. The first-order valence-corrected chi connectivity index (χ1v) is 12.1. The summed E-state index contributed by atoms with van der Waals surface area (Å²) in [6.45, 7) is 0. The molecule has 0 saturated carbocycles. The third kappa shape index (κ3) is 3.41. The topological polar surface area (TPSA) is 13.1 Å². The summed E-state index contributed by atoms with van der Waals surface area (Å²) in [4.78, 5) is 0. The van der Waals surface area contributed by atoms with Crippen molar-refractivity contribution in [1.29, 1.82) is 0 Å². The fourth-order valence-corrected chi connectivity index (χ4v) is 5.21. The van der Waals surface area contributed by atoms with Crippen LogP contribution in [0.15, 0.2) is 150 Å². The van der Waals surface area contributed by atoms with Gasteiger partial charge in [-0.3, -0.25) is 0 Å². The summed E-state index contributed by atoms with van der Waals surface area (Å²) in [6.07, 6.45) is 0. The first-order chi connectivity index (χ1) is 26.0. The van der Waals surface area contributed by atoms with Crippen molar-refractivity contribution in [2.24, 2.45) is 0 Å². The Bertz CT molecular complexity index is 2940. The quantitative estimate of drug-likeness (QED) is 0.215. The van der Waals surface area contributed by atoms with Gasteiger partial charge in [0.2, 0.25) is 0 Å². The van der Waals surface area contributed by atoms with Gasteiger partial charge in [0.1, 0.15) is 11.2 Å². The van der Waals surface area contributed by atoms with Crippen LogP contribution in [-0.4, -0.2) is 0 Å². The molecular formula is C38H24O. The SMILES string of the molecule is [2H]c1c([2H])c([2H])c(-c2c([2H])c(-c3c4ccccc4c(-c4c([2H])c([2H])c([2H])c([2H])c4[2H])c4ccccc34)c3c(oc4c([2H])c([2H])c([2H])c([2H])c43)c2[2H])c([2H])c1[2H]. The van der Waals surface area contributed by atoms with Gasteiger partial charge >= 0.3 is 0 Å². The number of benzene rings is 7. The Morgan fingerprint density at radius 3 is 1.62 bits per heavy atom. The van der Waals surface area contributed by atoms with Crippen LogP contribution in [0, 0.1) is 0 Å². The molecule has 0 fully saturated rings. The molecule has 182 valence electrons. The molecule has 8 aromatic rings. The van der Waals surface area contributed by atoms with Crippen LogP contribution in [0.3, 0.4) is 0 Å². The van der Waals surface area contributed by atoms with Gasteiger partial charge in [0.25, 0.3) is 0 Å². The van der Waals surface area contributed by atoms with Gasteiger partial charge in [-0.25, -0.2) is 0 Å². The smallest absolute Gasteiger partial charge is 0.136 e. The van der Waals surface area contributed by atoms with Crippen LogP contribution in [0.2, 0.25) is 0 Å². The van der Waals surface area contributed by atoms with Gasteiger partial charge in [-0.2, -0.15) is 0 Å². The van der Waals surface area contributed by atoms with Crippen LogP contribution >= 0.6 is 0 Å². The number of para-hydroxylation sites is 1. The van der Waals surface area contributed by atoms with E-state index >= 15 is 0 Å². The maximum Gasteiger partial charge on any atom is 0.136 e. The first kappa shape index (κ1) is 11.3. The Balaban J connectivity index is 1.69. The van der Waals surface area contributed by atoms with E-state index in [2.05, 4.69) is 0 Å². The van der Waals surface area contributed by atoms with Crippen molar-refractivity contribution in [3.8, 4) is 33.4 Å². The van der Waals surface area contributed by atoms with Crippen molar-refractivity contribution < 1.29 is 26.3 Å². The standard InChI is InChI=1S/C38H24O/c1-3-13-25(14-4-1)27-23-33(38-32-21-11-12-22-34(32)39-35(38)24-27)37-30-19-9-7-17-28(30)36(26-15-5-2-6-16-26)29-18-8-10-20-31(29)37/h1-24H/i1D,2D,3D,4D,5D,6D,11D,12D,13D,14D,15D,16D,21D,22D,23D,24D. The lowest BCUT2D eigenvalue weighted by molar-refractivity contribution is 0.669. The van der Waals surface area contributed by atoms with Gasteiger partial charge < -0.3 is 4.42 Å². The van der Waals surface area contributed by atoms with Gasteiger partial charge in [-0.1, -0.05) is 127 Å². The largest absolute Gasteiger partial charge is 0.456 e. The molecule has 0 saturated heterocycles. The first-order valence-electron chi connectivity index (χ1n) is 20.1. The predicted molar refractivity (Wildman–Crippen MR) is 165 cm³/mol. The van der Waals surface area contributed by atoms with E-state index in [0.29, 0.717) is 21.5 Å². The second-order valence-electron chi connectivity index (χ2n) is 8.85. The summed E-state index contributed by atoms with van der Waals surface area (Å²) in [5.74, 6) is 0. The highest BCUT2D eigenvalue weighted by atomic mass is 16.3. The van der Waals surface area contributed by atoms with E-state index in [9.17, 15) is 2.74 Å². The molecule has 0 aliphatic carbocycles. The molecule has 0 aliphatic heterocycles. The van der Waals surface area contributed by atoms with Crippen LogP contribution in [0.25, 0.3) is 76.9 Å². The maximum atomic E-state index is 9.86. The molecular weight excluding hydrogens is 472 g/mol. The zero-order valence-electron chi connectivity index (χ0n) is 36.0. The normalized spacial score (nSPS) is 17.3. The average Bonchev–Trinajstić information content (AvgIpc) is 3.59. The summed E-state index contributed by atoms with van der Waals surface area (Å²) in [5, 5.41) is 1.32. The zero-order valence-corrected chi connectivity index (χ0v) is 20.0. The fourth-order valence-electron chi connectivity index (χ4n) is 5.21. The molecule has 0 atom stereocenters. The van der Waals surface area contributed by atoms with E-state index in [0.717, 1.165) is 0 Å². The van der Waals surface area contributed by atoms with E-state index in [1.54, 1.807) is 48.5 Å². The molecule has 0 amide bonds. The fraction of sp³-hybridized carbons (Fsp3) is 0. The van der Waals surface area contributed by atoms with Crippen LogP contribution in [-0.2, 0) is 0 Å². The van der Waals surface area contributed by atoms with Crippen LogP contribution < -0.4 is 0 Å². The minimum atomic E-state index is -0.709. The van der Waals surface area contributed by atoms with Crippen LogP contribution in [0.1, 0.15) is 21.9 Å².